The maximum Gasteiger partial charge on any atom is 0.151 e. The molecule has 3 atom stereocenters. The lowest BCUT2D eigenvalue weighted by atomic mass is 9.97. The van der Waals surface area contributed by atoms with Crippen LogP contribution < -0.4 is 5.32 Å². The molecule has 1 aliphatic heterocycles. The molecule has 0 spiro atoms. The molecule has 3 rings (SSSR count). The summed E-state index contributed by atoms with van der Waals surface area (Å²) in [5.74, 6) is 0.959. The third kappa shape index (κ3) is 3.74. The molecule has 0 radical (unpaired) electrons. The van der Waals surface area contributed by atoms with Crippen LogP contribution >= 0.6 is 11.8 Å². The van der Waals surface area contributed by atoms with Gasteiger partial charge in [0, 0.05) is 17.4 Å². The van der Waals surface area contributed by atoms with E-state index in [1.165, 1.54) is 24.1 Å². The number of hydrogen-bond donors (Lipinski definition) is 2. The molecule has 0 saturated heterocycles. The normalized spacial score (nSPS) is 29.0. The Balaban J connectivity index is 1.47. The standard InChI is InChI=1S/C17H23NO2S/c1-12-6-2-4-8-14(12)18-16(19)11-21-17-10-13-7-3-5-9-15(13)20-17/h3,5,7,9-10,13,15-16,18-19H,2,4,6,8,11H2,1H3. The van der Waals surface area contributed by atoms with Gasteiger partial charge in [-0.15, -0.1) is 0 Å². The van der Waals surface area contributed by atoms with E-state index < -0.39 is 6.23 Å². The molecule has 0 aromatic heterocycles. The van der Waals surface area contributed by atoms with E-state index in [1.54, 1.807) is 11.8 Å². The van der Waals surface area contributed by atoms with Crippen molar-refractivity contribution in [2.24, 2.45) is 5.92 Å². The first-order valence-electron chi connectivity index (χ1n) is 7.72. The third-order valence-corrected chi connectivity index (χ3v) is 5.17. The Morgan fingerprint density at radius 3 is 2.95 bits per heavy atom. The van der Waals surface area contributed by atoms with Gasteiger partial charge in [-0.05, 0) is 44.8 Å². The van der Waals surface area contributed by atoms with E-state index in [4.69, 9.17) is 4.74 Å². The van der Waals surface area contributed by atoms with Crippen LogP contribution in [0.15, 0.2) is 46.7 Å². The molecule has 1 heterocycles. The first-order chi connectivity index (χ1) is 10.2. The summed E-state index contributed by atoms with van der Waals surface area (Å²) in [7, 11) is 0. The number of nitrogens with one attached hydrogen (secondary N) is 1. The van der Waals surface area contributed by atoms with E-state index in [2.05, 4.69) is 36.5 Å². The van der Waals surface area contributed by atoms with Crippen LogP contribution in [0.25, 0.3) is 0 Å². The largest absolute Gasteiger partial charge is 0.479 e. The van der Waals surface area contributed by atoms with Gasteiger partial charge in [0.1, 0.15) is 12.3 Å². The van der Waals surface area contributed by atoms with Crippen molar-refractivity contribution in [3.05, 3.63) is 46.7 Å². The molecule has 2 aliphatic carbocycles. The summed E-state index contributed by atoms with van der Waals surface area (Å²) in [5, 5.41) is 14.3. The average Bonchev–Trinajstić information content (AvgIpc) is 2.90. The molecule has 0 aromatic rings. The Morgan fingerprint density at radius 2 is 2.14 bits per heavy atom. The van der Waals surface area contributed by atoms with Crippen LogP contribution in [0, 0.1) is 5.92 Å². The highest BCUT2D eigenvalue weighted by Crippen LogP contribution is 2.34. The second-order valence-electron chi connectivity index (χ2n) is 5.85. The molecule has 21 heavy (non-hydrogen) atoms. The van der Waals surface area contributed by atoms with Gasteiger partial charge in [-0.2, -0.15) is 0 Å². The van der Waals surface area contributed by atoms with Gasteiger partial charge in [0.15, 0.2) is 5.09 Å². The molecule has 4 heteroatoms. The fourth-order valence-corrected chi connectivity index (χ4v) is 3.78. The molecule has 0 bridgehead atoms. The minimum absolute atomic E-state index is 0.144. The van der Waals surface area contributed by atoms with Gasteiger partial charge in [0.05, 0.1) is 0 Å². The predicted molar refractivity (Wildman–Crippen MR) is 87.5 cm³/mol. The van der Waals surface area contributed by atoms with Crippen molar-refractivity contribution in [2.45, 2.75) is 44.9 Å². The summed E-state index contributed by atoms with van der Waals surface area (Å²) in [6, 6.07) is 0. The van der Waals surface area contributed by atoms with Crippen molar-refractivity contribution < 1.29 is 9.84 Å². The quantitative estimate of drug-likeness (QED) is 0.763. The predicted octanol–water partition coefficient (Wildman–Crippen LogP) is 3.46. The third-order valence-electron chi connectivity index (χ3n) is 4.17. The van der Waals surface area contributed by atoms with Crippen molar-refractivity contribution >= 4 is 11.8 Å². The smallest absolute Gasteiger partial charge is 0.151 e. The lowest BCUT2D eigenvalue weighted by Gasteiger charge is -2.22. The van der Waals surface area contributed by atoms with Gasteiger partial charge in [0.25, 0.3) is 0 Å². The maximum atomic E-state index is 10.2. The van der Waals surface area contributed by atoms with Crippen LogP contribution in [0.4, 0.5) is 0 Å². The van der Waals surface area contributed by atoms with Gasteiger partial charge >= 0.3 is 0 Å². The van der Waals surface area contributed by atoms with Crippen molar-refractivity contribution in [1.82, 2.24) is 5.32 Å². The summed E-state index contributed by atoms with van der Waals surface area (Å²) < 4.78 is 5.86. The summed E-state index contributed by atoms with van der Waals surface area (Å²) in [5.41, 5.74) is 2.62. The first kappa shape index (κ1) is 14.8. The van der Waals surface area contributed by atoms with Crippen LogP contribution in [0.2, 0.25) is 0 Å². The van der Waals surface area contributed by atoms with Gasteiger partial charge in [0.2, 0.25) is 0 Å². The zero-order chi connectivity index (χ0) is 14.7. The first-order valence-corrected chi connectivity index (χ1v) is 8.70. The monoisotopic (exact) mass is 305 g/mol. The molecular formula is C17H23NO2S. The molecule has 0 aromatic carbocycles. The van der Waals surface area contributed by atoms with E-state index >= 15 is 0 Å². The highest BCUT2D eigenvalue weighted by atomic mass is 32.2. The molecule has 3 aliphatic rings. The average molecular weight is 305 g/mol. The van der Waals surface area contributed by atoms with Crippen molar-refractivity contribution in [3.8, 4) is 0 Å². The fraction of sp³-hybridized carbons (Fsp3) is 0.529. The Bertz CT molecular complexity index is 507. The summed E-state index contributed by atoms with van der Waals surface area (Å²) in [4.78, 5) is 0. The lowest BCUT2D eigenvalue weighted by molar-refractivity contribution is 0.168. The van der Waals surface area contributed by atoms with Crippen LogP contribution in [-0.2, 0) is 4.74 Å². The van der Waals surface area contributed by atoms with Crippen molar-refractivity contribution in [3.63, 3.8) is 0 Å². The molecule has 0 fully saturated rings. The number of rotatable bonds is 5. The minimum atomic E-state index is -0.517. The van der Waals surface area contributed by atoms with Gasteiger partial charge < -0.3 is 15.2 Å². The van der Waals surface area contributed by atoms with Gasteiger partial charge in [-0.1, -0.05) is 35.6 Å². The Labute approximate surface area is 130 Å². The highest BCUT2D eigenvalue weighted by molar-refractivity contribution is 8.02. The molecular weight excluding hydrogens is 282 g/mol. The Kier molecular flexibility index (Phi) is 4.76. The minimum Gasteiger partial charge on any atom is -0.479 e. The maximum absolute atomic E-state index is 10.2. The lowest BCUT2D eigenvalue weighted by Crippen LogP contribution is -2.31. The van der Waals surface area contributed by atoms with Gasteiger partial charge in [-0.25, -0.2) is 0 Å². The molecule has 3 unspecified atom stereocenters. The van der Waals surface area contributed by atoms with Crippen molar-refractivity contribution in [1.29, 1.82) is 0 Å². The fourth-order valence-electron chi connectivity index (χ4n) is 2.94. The molecule has 2 N–H and O–H groups in total. The van der Waals surface area contributed by atoms with Crippen LogP contribution in [0.5, 0.6) is 0 Å². The van der Waals surface area contributed by atoms with E-state index in [9.17, 15) is 5.11 Å². The second-order valence-corrected chi connectivity index (χ2v) is 6.88. The second kappa shape index (κ2) is 6.75. The van der Waals surface area contributed by atoms with Crippen LogP contribution in [0.1, 0.15) is 32.6 Å². The topological polar surface area (TPSA) is 41.5 Å². The van der Waals surface area contributed by atoms with E-state index in [-0.39, 0.29) is 6.10 Å². The van der Waals surface area contributed by atoms with E-state index in [0.717, 1.165) is 17.9 Å². The number of allylic oxidation sites excluding steroid dienone is 4. The Morgan fingerprint density at radius 1 is 1.33 bits per heavy atom. The number of fused-ring (bicyclic) bond motifs is 1. The molecule has 0 saturated carbocycles. The molecule has 3 nitrogen and oxygen atoms in total. The molecule has 114 valence electrons. The summed E-state index contributed by atoms with van der Waals surface area (Å²) in [6.45, 7) is 2.16. The van der Waals surface area contributed by atoms with E-state index in [1.807, 2.05) is 6.08 Å². The van der Waals surface area contributed by atoms with Gasteiger partial charge in [-0.3, -0.25) is 0 Å². The number of aliphatic hydroxyl groups excluding tert-OH is 1. The number of aliphatic hydroxyl groups is 1. The van der Waals surface area contributed by atoms with E-state index in [0.29, 0.717) is 11.7 Å². The zero-order valence-corrected chi connectivity index (χ0v) is 13.2. The SMILES string of the molecule is CC1=C(NC(O)CSC2=CC3C=CC=CC3O2)CCCC1. The summed E-state index contributed by atoms with van der Waals surface area (Å²) >= 11 is 1.58. The zero-order valence-electron chi connectivity index (χ0n) is 12.4. The van der Waals surface area contributed by atoms with Crippen molar-refractivity contribution in [2.75, 3.05) is 5.75 Å². The highest BCUT2D eigenvalue weighted by Gasteiger charge is 2.27. The number of thioether (sulfide) groups is 1. The number of hydrogen-bond acceptors (Lipinski definition) is 4. The summed E-state index contributed by atoms with van der Waals surface area (Å²) in [6.07, 6.45) is 14.8. The number of ether oxygens (including phenoxy) is 1. The Hall–Kier alpha value is -1.13. The molecule has 0 amide bonds. The van der Waals surface area contributed by atoms with Crippen LogP contribution in [0.3, 0.4) is 0 Å². The van der Waals surface area contributed by atoms with Crippen LogP contribution in [-0.4, -0.2) is 23.2 Å².